The summed E-state index contributed by atoms with van der Waals surface area (Å²) in [5.74, 6) is -0.909. The molecule has 1 spiro atoms. The molecule has 3 N–H and O–H groups in total. The number of likely N-dealkylation sites (tertiary alicyclic amines) is 1. The van der Waals surface area contributed by atoms with E-state index in [1.165, 1.54) is 24.3 Å². The van der Waals surface area contributed by atoms with Gasteiger partial charge in [0.25, 0.3) is 0 Å². The Morgan fingerprint density at radius 1 is 1.10 bits per heavy atom. The molecule has 2 amide bonds. The van der Waals surface area contributed by atoms with Gasteiger partial charge in [-0.2, -0.15) is 0 Å². The number of piperidine rings is 1. The third-order valence-corrected chi connectivity index (χ3v) is 6.09. The van der Waals surface area contributed by atoms with Crippen molar-refractivity contribution in [3.8, 4) is 0 Å². The van der Waals surface area contributed by atoms with E-state index in [-0.39, 0.29) is 35.3 Å². The fourth-order valence-corrected chi connectivity index (χ4v) is 4.37. The number of nitrogen functional groups attached to an aromatic ring is 1. The predicted molar refractivity (Wildman–Crippen MR) is 105 cm³/mol. The predicted octanol–water partition coefficient (Wildman–Crippen LogP) is 3.67. The number of urea groups is 1. The number of Topliss-reactive ketones (excluding diaryl/α,β-unsaturated/α-hetero) is 1. The molecule has 0 aromatic heterocycles. The Balaban J connectivity index is 1.35. The van der Waals surface area contributed by atoms with E-state index in [4.69, 9.17) is 5.73 Å². The van der Waals surface area contributed by atoms with Gasteiger partial charge in [-0.05, 0) is 60.1 Å². The van der Waals surface area contributed by atoms with Crippen molar-refractivity contribution in [2.24, 2.45) is 5.41 Å². The van der Waals surface area contributed by atoms with E-state index in [0.29, 0.717) is 30.6 Å². The molecule has 7 heteroatoms. The number of hydrogen-bond donors (Lipinski definition) is 2. The lowest BCUT2D eigenvalue weighted by atomic mass is 9.66. The van der Waals surface area contributed by atoms with Crippen LogP contribution in [0, 0.1) is 17.0 Å². The maximum Gasteiger partial charge on any atom is 0.317 e. The number of nitrogens with zero attached hydrogens (tertiary/aromatic N) is 1. The molecule has 1 fully saturated rings. The first-order chi connectivity index (χ1) is 13.8. The van der Waals surface area contributed by atoms with Gasteiger partial charge in [0, 0.05) is 31.6 Å². The topological polar surface area (TPSA) is 75.4 Å². The fraction of sp³-hybridized carbons (Fsp3) is 0.364. The Kier molecular flexibility index (Phi) is 4.98. The first-order valence-electron chi connectivity index (χ1n) is 9.74. The smallest absolute Gasteiger partial charge is 0.317 e. The number of hydrogen-bond acceptors (Lipinski definition) is 3. The van der Waals surface area contributed by atoms with Gasteiger partial charge in [-0.25, -0.2) is 13.6 Å². The molecule has 29 heavy (non-hydrogen) atoms. The van der Waals surface area contributed by atoms with Crippen LogP contribution in [0.2, 0.25) is 0 Å². The van der Waals surface area contributed by atoms with Crippen LogP contribution in [0.1, 0.15) is 40.7 Å². The number of fused-ring (bicyclic) bond motifs is 1. The van der Waals surface area contributed by atoms with Crippen LogP contribution in [-0.2, 0) is 13.0 Å². The summed E-state index contributed by atoms with van der Waals surface area (Å²) >= 11 is 0. The minimum absolute atomic E-state index is 0.0194. The van der Waals surface area contributed by atoms with Crippen molar-refractivity contribution in [1.29, 1.82) is 0 Å². The van der Waals surface area contributed by atoms with Crippen LogP contribution in [-0.4, -0.2) is 29.8 Å². The number of anilines is 1. The summed E-state index contributed by atoms with van der Waals surface area (Å²) in [5, 5.41) is 2.81. The second kappa shape index (κ2) is 7.46. The number of benzene rings is 2. The summed E-state index contributed by atoms with van der Waals surface area (Å²) in [6.07, 6.45) is 2.57. The lowest BCUT2D eigenvalue weighted by molar-refractivity contribution is 0.0735. The third-order valence-electron chi connectivity index (χ3n) is 6.09. The molecule has 0 bridgehead atoms. The number of rotatable bonds is 2. The number of amides is 2. The molecule has 0 unspecified atom stereocenters. The lowest BCUT2D eigenvalue weighted by Crippen LogP contribution is -2.49. The number of halogens is 2. The molecule has 4 rings (SSSR count). The molecule has 1 saturated heterocycles. The lowest BCUT2D eigenvalue weighted by Gasteiger charge is -2.44. The van der Waals surface area contributed by atoms with Gasteiger partial charge in [0.2, 0.25) is 0 Å². The van der Waals surface area contributed by atoms with Crippen molar-refractivity contribution in [3.63, 3.8) is 0 Å². The normalized spacial score (nSPS) is 17.9. The molecule has 1 aliphatic heterocycles. The van der Waals surface area contributed by atoms with Crippen molar-refractivity contribution in [2.45, 2.75) is 32.2 Å². The fourth-order valence-electron chi connectivity index (χ4n) is 4.37. The van der Waals surface area contributed by atoms with Crippen LogP contribution in [0.15, 0.2) is 36.4 Å². The van der Waals surface area contributed by atoms with Crippen molar-refractivity contribution in [1.82, 2.24) is 10.2 Å². The summed E-state index contributed by atoms with van der Waals surface area (Å²) in [4.78, 5) is 26.7. The summed E-state index contributed by atoms with van der Waals surface area (Å²) in [6, 6.07) is 8.69. The molecule has 0 saturated carbocycles. The molecule has 0 radical (unpaired) electrons. The number of ketones is 1. The van der Waals surface area contributed by atoms with Gasteiger partial charge in [-0.1, -0.05) is 12.1 Å². The molecule has 2 aliphatic rings. The zero-order valence-corrected chi connectivity index (χ0v) is 16.0. The van der Waals surface area contributed by atoms with Crippen LogP contribution in [0.5, 0.6) is 0 Å². The van der Waals surface area contributed by atoms with Crippen molar-refractivity contribution in [3.05, 3.63) is 64.7 Å². The Labute approximate surface area is 167 Å². The van der Waals surface area contributed by atoms with Crippen molar-refractivity contribution >= 4 is 17.5 Å². The van der Waals surface area contributed by atoms with E-state index in [1.54, 1.807) is 17.0 Å². The second-order valence-corrected chi connectivity index (χ2v) is 8.08. The van der Waals surface area contributed by atoms with E-state index in [0.717, 1.165) is 24.8 Å². The van der Waals surface area contributed by atoms with Gasteiger partial charge in [0.15, 0.2) is 5.78 Å². The Bertz CT molecular complexity index is 969. The maximum absolute atomic E-state index is 13.5. The average molecular weight is 399 g/mol. The van der Waals surface area contributed by atoms with E-state index >= 15 is 0 Å². The van der Waals surface area contributed by atoms with Gasteiger partial charge in [-0.15, -0.1) is 0 Å². The second-order valence-electron chi connectivity index (χ2n) is 8.08. The molecule has 152 valence electrons. The summed E-state index contributed by atoms with van der Waals surface area (Å²) < 4.78 is 27.0. The molecule has 1 heterocycles. The van der Waals surface area contributed by atoms with Gasteiger partial charge in [-0.3, -0.25) is 4.79 Å². The highest BCUT2D eigenvalue weighted by atomic mass is 19.1. The zero-order valence-electron chi connectivity index (χ0n) is 16.0. The monoisotopic (exact) mass is 399 g/mol. The van der Waals surface area contributed by atoms with Crippen LogP contribution in [0.25, 0.3) is 0 Å². The molecule has 5 nitrogen and oxygen atoms in total. The maximum atomic E-state index is 13.5. The summed E-state index contributed by atoms with van der Waals surface area (Å²) in [5.41, 5.74) is 7.40. The zero-order chi connectivity index (χ0) is 20.6. The standard InChI is InChI=1S/C22H23F2N3O2/c23-16-3-2-15-11-22(12-20(28)17(15)10-16)5-7-27(8-6-22)21(29)26-13-14-1-4-19(25)18(24)9-14/h1-4,9-10H,5-8,11-13,25H2,(H,26,29). The Morgan fingerprint density at radius 3 is 2.59 bits per heavy atom. The van der Waals surface area contributed by atoms with Gasteiger partial charge < -0.3 is 16.0 Å². The van der Waals surface area contributed by atoms with Crippen LogP contribution < -0.4 is 11.1 Å². The van der Waals surface area contributed by atoms with E-state index in [9.17, 15) is 18.4 Å². The van der Waals surface area contributed by atoms with Crippen LogP contribution in [0.4, 0.5) is 19.3 Å². The Hall–Kier alpha value is -2.96. The van der Waals surface area contributed by atoms with Gasteiger partial charge in [0.05, 0.1) is 5.69 Å². The van der Waals surface area contributed by atoms with Gasteiger partial charge in [0.1, 0.15) is 11.6 Å². The molecule has 0 atom stereocenters. The van der Waals surface area contributed by atoms with Gasteiger partial charge >= 0.3 is 6.03 Å². The third kappa shape index (κ3) is 3.95. The highest BCUT2D eigenvalue weighted by molar-refractivity contribution is 5.99. The minimum Gasteiger partial charge on any atom is -0.396 e. The number of carbonyl (C=O) groups is 2. The highest BCUT2D eigenvalue weighted by Gasteiger charge is 2.41. The van der Waals surface area contributed by atoms with Crippen molar-refractivity contribution in [2.75, 3.05) is 18.8 Å². The van der Waals surface area contributed by atoms with Crippen LogP contribution in [0.3, 0.4) is 0 Å². The molecular weight excluding hydrogens is 376 g/mol. The van der Waals surface area contributed by atoms with E-state index < -0.39 is 5.82 Å². The quantitative estimate of drug-likeness (QED) is 0.757. The molecule has 2 aromatic rings. The summed E-state index contributed by atoms with van der Waals surface area (Å²) in [6.45, 7) is 1.31. The number of carbonyl (C=O) groups excluding carboxylic acids is 2. The van der Waals surface area contributed by atoms with E-state index in [2.05, 4.69) is 5.32 Å². The van der Waals surface area contributed by atoms with Crippen molar-refractivity contribution < 1.29 is 18.4 Å². The number of nitrogens with two attached hydrogens (primary N) is 1. The summed E-state index contributed by atoms with van der Waals surface area (Å²) in [7, 11) is 0. The molecule has 1 aliphatic carbocycles. The van der Waals surface area contributed by atoms with E-state index in [1.807, 2.05) is 0 Å². The first-order valence-corrected chi connectivity index (χ1v) is 9.74. The minimum atomic E-state index is -0.501. The molecular formula is C22H23F2N3O2. The molecule has 2 aromatic carbocycles. The largest absolute Gasteiger partial charge is 0.396 e. The SMILES string of the molecule is Nc1ccc(CNC(=O)N2CCC3(CC2)CC(=O)c2cc(F)ccc2C3)cc1F. The first kappa shape index (κ1) is 19.4. The number of nitrogens with one attached hydrogen (secondary N) is 1. The average Bonchev–Trinajstić information content (AvgIpc) is 2.70. The highest BCUT2D eigenvalue weighted by Crippen LogP contribution is 2.43. The Morgan fingerprint density at radius 2 is 1.86 bits per heavy atom. The van der Waals surface area contributed by atoms with Crippen LogP contribution >= 0.6 is 0 Å².